The fourth-order valence-electron chi connectivity index (χ4n) is 3.11. The van der Waals surface area contributed by atoms with Gasteiger partial charge in [-0.05, 0) is 30.2 Å². The normalized spacial score (nSPS) is 17.0. The van der Waals surface area contributed by atoms with Crippen LogP contribution in [0.15, 0.2) is 48.5 Å². The predicted octanol–water partition coefficient (Wildman–Crippen LogP) is 4.24. The summed E-state index contributed by atoms with van der Waals surface area (Å²) in [6, 6.07) is 14.6. The second-order valence-corrected chi connectivity index (χ2v) is 7.18. The molecule has 0 unspecified atom stereocenters. The Labute approximate surface area is 164 Å². The minimum absolute atomic E-state index is 0.0523. The number of carbonyl (C=O) groups is 1. The zero-order valence-corrected chi connectivity index (χ0v) is 16.1. The molecule has 2 aromatic rings. The summed E-state index contributed by atoms with van der Waals surface area (Å²) in [7, 11) is 0. The molecule has 3 rings (SSSR count). The van der Waals surface area contributed by atoms with E-state index in [0.29, 0.717) is 36.3 Å². The Balaban J connectivity index is 1.84. The molecule has 4 nitrogen and oxygen atoms in total. The summed E-state index contributed by atoms with van der Waals surface area (Å²) in [5.74, 6) is 0.0523. The maximum Gasteiger partial charge on any atom is 0.244 e. The Hall–Kier alpha value is -1.59. The molecule has 1 amide bonds. The van der Waals surface area contributed by atoms with Gasteiger partial charge < -0.3 is 9.64 Å². The molecule has 138 valence electrons. The monoisotopic (exact) mass is 392 g/mol. The fourth-order valence-corrected chi connectivity index (χ4v) is 3.69. The topological polar surface area (TPSA) is 41.6 Å². The number of rotatable bonds is 5. The molecule has 1 fully saturated rings. The van der Waals surface area contributed by atoms with Crippen LogP contribution in [0.5, 0.6) is 0 Å². The van der Waals surface area contributed by atoms with E-state index in [1.807, 2.05) is 54.3 Å². The summed E-state index contributed by atoms with van der Waals surface area (Å²) in [5, 5.41) is 4.63. The Bertz CT molecular complexity index is 749. The number of carbonyl (C=O) groups excluding carboxylic acids is 1. The number of amides is 1. The van der Waals surface area contributed by atoms with Crippen LogP contribution in [-0.4, -0.2) is 37.1 Å². The quantitative estimate of drug-likeness (QED) is 0.826. The summed E-state index contributed by atoms with van der Waals surface area (Å²) in [6.45, 7) is 4.37. The SMILES string of the molecule is C[C@H](N[C@H](C(=O)N1CCOCC1)c1ccccc1)c1ccc(Cl)cc1Cl. The zero-order valence-electron chi connectivity index (χ0n) is 14.6. The molecule has 26 heavy (non-hydrogen) atoms. The highest BCUT2D eigenvalue weighted by molar-refractivity contribution is 6.35. The van der Waals surface area contributed by atoms with E-state index in [9.17, 15) is 4.79 Å². The number of ether oxygens (including phenoxy) is 1. The van der Waals surface area contributed by atoms with Crippen molar-refractivity contribution in [3.8, 4) is 0 Å². The summed E-state index contributed by atoms with van der Waals surface area (Å²) in [6.07, 6.45) is 0. The molecule has 0 radical (unpaired) electrons. The Kier molecular flexibility index (Phi) is 6.54. The largest absolute Gasteiger partial charge is 0.378 e. The van der Waals surface area contributed by atoms with Crippen LogP contribution in [0.1, 0.15) is 30.1 Å². The van der Waals surface area contributed by atoms with Gasteiger partial charge in [-0.2, -0.15) is 0 Å². The maximum absolute atomic E-state index is 13.2. The van der Waals surface area contributed by atoms with Gasteiger partial charge in [-0.1, -0.05) is 59.6 Å². The van der Waals surface area contributed by atoms with Gasteiger partial charge in [-0.3, -0.25) is 10.1 Å². The second-order valence-electron chi connectivity index (χ2n) is 6.34. The van der Waals surface area contributed by atoms with Gasteiger partial charge in [0.1, 0.15) is 6.04 Å². The number of morpholine rings is 1. The molecular formula is C20H22Cl2N2O2. The van der Waals surface area contributed by atoms with Crippen molar-refractivity contribution in [1.82, 2.24) is 10.2 Å². The van der Waals surface area contributed by atoms with Gasteiger partial charge in [-0.15, -0.1) is 0 Å². The van der Waals surface area contributed by atoms with Crippen LogP contribution in [0, 0.1) is 0 Å². The fraction of sp³-hybridized carbons (Fsp3) is 0.350. The third-order valence-electron chi connectivity index (χ3n) is 4.55. The van der Waals surface area contributed by atoms with Crippen molar-refractivity contribution in [2.24, 2.45) is 0 Å². The second kappa shape index (κ2) is 8.87. The molecule has 1 heterocycles. The average molecular weight is 393 g/mol. The first kappa shape index (κ1) is 19.2. The van der Waals surface area contributed by atoms with Gasteiger partial charge in [0.05, 0.1) is 13.2 Å². The number of hydrogen-bond donors (Lipinski definition) is 1. The van der Waals surface area contributed by atoms with Gasteiger partial charge in [0.15, 0.2) is 0 Å². The van der Waals surface area contributed by atoms with E-state index in [1.165, 1.54) is 0 Å². The molecule has 0 spiro atoms. The van der Waals surface area contributed by atoms with E-state index in [-0.39, 0.29) is 11.9 Å². The molecule has 0 aliphatic carbocycles. The van der Waals surface area contributed by atoms with Gasteiger partial charge in [-0.25, -0.2) is 0 Å². The number of benzene rings is 2. The molecule has 1 N–H and O–H groups in total. The first-order chi connectivity index (χ1) is 12.6. The van der Waals surface area contributed by atoms with Crippen molar-refractivity contribution >= 4 is 29.1 Å². The molecule has 0 bridgehead atoms. The molecular weight excluding hydrogens is 371 g/mol. The Morgan fingerprint density at radius 1 is 1.12 bits per heavy atom. The maximum atomic E-state index is 13.2. The van der Waals surface area contributed by atoms with E-state index in [4.69, 9.17) is 27.9 Å². The summed E-state index contributed by atoms with van der Waals surface area (Å²) >= 11 is 12.3. The minimum Gasteiger partial charge on any atom is -0.378 e. The van der Waals surface area contributed by atoms with Crippen LogP contribution >= 0.6 is 23.2 Å². The van der Waals surface area contributed by atoms with E-state index in [0.717, 1.165) is 11.1 Å². The van der Waals surface area contributed by atoms with Crippen LogP contribution in [0.2, 0.25) is 10.0 Å². The number of nitrogens with zero attached hydrogens (tertiary/aromatic N) is 1. The number of hydrogen-bond acceptors (Lipinski definition) is 3. The predicted molar refractivity (Wildman–Crippen MR) is 105 cm³/mol. The molecule has 1 saturated heterocycles. The van der Waals surface area contributed by atoms with Gasteiger partial charge in [0.2, 0.25) is 5.91 Å². The van der Waals surface area contributed by atoms with Crippen molar-refractivity contribution in [3.63, 3.8) is 0 Å². The average Bonchev–Trinajstić information content (AvgIpc) is 2.67. The molecule has 1 aliphatic rings. The molecule has 2 aromatic carbocycles. The van der Waals surface area contributed by atoms with Crippen LogP contribution in [-0.2, 0) is 9.53 Å². The third-order valence-corrected chi connectivity index (χ3v) is 5.11. The lowest BCUT2D eigenvalue weighted by molar-refractivity contribution is -0.138. The first-order valence-corrected chi connectivity index (χ1v) is 9.44. The highest BCUT2D eigenvalue weighted by atomic mass is 35.5. The van der Waals surface area contributed by atoms with Crippen LogP contribution in [0.4, 0.5) is 0 Å². The van der Waals surface area contributed by atoms with Crippen molar-refractivity contribution in [2.45, 2.75) is 19.0 Å². The number of halogens is 2. The van der Waals surface area contributed by atoms with E-state index < -0.39 is 6.04 Å². The standard InChI is InChI=1S/C20H22Cl2N2O2/c1-14(17-8-7-16(21)13-18(17)22)23-19(15-5-3-2-4-6-15)20(25)24-9-11-26-12-10-24/h2-8,13-14,19,23H,9-12H2,1H3/t14-,19-/m0/s1. The Morgan fingerprint density at radius 3 is 2.46 bits per heavy atom. The zero-order chi connectivity index (χ0) is 18.5. The number of nitrogens with one attached hydrogen (secondary N) is 1. The molecule has 6 heteroatoms. The van der Waals surface area contributed by atoms with Gasteiger partial charge in [0, 0.05) is 29.2 Å². The van der Waals surface area contributed by atoms with Gasteiger partial charge >= 0.3 is 0 Å². The molecule has 2 atom stereocenters. The van der Waals surface area contributed by atoms with Crippen LogP contribution in [0.3, 0.4) is 0 Å². The van der Waals surface area contributed by atoms with Gasteiger partial charge in [0.25, 0.3) is 0 Å². The van der Waals surface area contributed by atoms with E-state index in [2.05, 4.69) is 5.32 Å². The molecule has 1 aliphatic heterocycles. The Morgan fingerprint density at radius 2 is 1.81 bits per heavy atom. The first-order valence-electron chi connectivity index (χ1n) is 8.68. The van der Waals surface area contributed by atoms with Crippen LogP contribution in [0.25, 0.3) is 0 Å². The van der Waals surface area contributed by atoms with Crippen molar-refractivity contribution < 1.29 is 9.53 Å². The molecule has 0 aromatic heterocycles. The van der Waals surface area contributed by atoms with E-state index in [1.54, 1.807) is 6.07 Å². The van der Waals surface area contributed by atoms with Crippen molar-refractivity contribution in [3.05, 3.63) is 69.7 Å². The van der Waals surface area contributed by atoms with Crippen molar-refractivity contribution in [1.29, 1.82) is 0 Å². The highest BCUT2D eigenvalue weighted by Crippen LogP contribution is 2.28. The smallest absolute Gasteiger partial charge is 0.244 e. The minimum atomic E-state index is -0.448. The lowest BCUT2D eigenvalue weighted by atomic mass is 10.0. The third kappa shape index (κ3) is 4.57. The highest BCUT2D eigenvalue weighted by Gasteiger charge is 2.28. The summed E-state index contributed by atoms with van der Waals surface area (Å²) in [4.78, 5) is 15.0. The van der Waals surface area contributed by atoms with Crippen molar-refractivity contribution in [2.75, 3.05) is 26.3 Å². The van der Waals surface area contributed by atoms with E-state index >= 15 is 0 Å². The van der Waals surface area contributed by atoms with Crippen LogP contribution < -0.4 is 5.32 Å². The lowest BCUT2D eigenvalue weighted by Crippen LogP contribution is -2.46. The lowest BCUT2D eigenvalue weighted by Gasteiger charge is -2.32. The summed E-state index contributed by atoms with van der Waals surface area (Å²) in [5.41, 5.74) is 1.84. The molecule has 0 saturated carbocycles. The summed E-state index contributed by atoms with van der Waals surface area (Å²) < 4.78 is 5.37.